The minimum atomic E-state index is -0.468. The maximum atomic E-state index is 9.43. The molecule has 0 spiro atoms. The van der Waals surface area contributed by atoms with Gasteiger partial charge in [-0.15, -0.1) is 0 Å². The van der Waals surface area contributed by atoms with Gasteiger partial charge in [0, 0.05) is 12.2 Å². The zero-order valence-corrected chi connectivity index (χ0v) is 13.3. The Bertz CT molecular complexity index is 811. The van der Waals surface area contributed by atoms with Gasteiger partial charge in [0.2, 0.25) is 0 Å². The molecule has 2 aromatic heterocycles. The van der Waals surface area contributed by atoms with Gasteiger partial charge >= 0.3 is 0 Å². The summed E-state index contributed by atoms with van der Waals surface area (Å²) in [7, 11) is 1.64. The summed E-state index contributed by atoms with van der Waals surface area (Å²) in [5.41, 5.74) is 2.35. The standard InChI is InChI=1S/C16H19N5O2/c1-10(22)8-17-15-14-16(19-9-18-15)21(11(2)20-14)12-4-6-13(23-3)7-5-12/h4-7,9-10,22H,8H2,1-3H3,(H,17,18,19). The second-order valence-electron chi connectivity index (χ2n) is 5.32. The van der Waals surface area contributed by atoms with Gasteiger partial charge in [-0.3, -0.25) is 4.57 Å². The van der Waals surface area contributed by atoms with Crippen molar-refractivity contribution in [2.24, 2.45) is 0 Å². The lowest BCUT2D eigenvalue weighted by atomic mass is 10.3. The van der Waals surface area contributed by atoms with Crippen LogP contribution in [-0.4, -0.2) is 44.4 Å². The number of ether oxygens (including phenoxy) is 1. The number of aromatic nitrogens is 4. The highest BCUT2D eigenvalue weighted by Gasteiger charge is 2.15. The van der Waals surface area contributed by atoms with Gasteiger partial charge in [-0.1, -0.05) is 0 Å². The molecule has 0 aliphatic heterocycles. The molecule has 0 amide bonds. The lowest BCUT2D eigenvalue weighted by Gasteiger charge is -2.09. The van der Waals surface area contributed by atoms with Crippen molar-refractivity contribution in [1.29, 1.82) is 0 Å². The van der Waals surface area contributed by atoms with Gasteiger partial charge in [-0.25, -0.2) is 15.0 Å². The topological polar surface area (TPSA) is 85.1 Å². The second kappa shape index (κ2) is 6.21. The summed E-state index contributed by atoms with van der Waals surface area (Å²) >= 11 is 0. The minimum absolute atomic E-state index is 0.403. The molecule has 1 unspecified atom stereocenters. The Balaban J connectivity index is 2.07. The molecule has 7 heteroatoms. The molecular weight excluding hydrogens is 294 g/mol. The number of imidazole rings is 1. The van der Waals surface area contributed by atoms with E-state index in [0.29, 0.717) is 17.9 Å². The van der Waals surface area contributed by atoms with E-state index in [1.165, 1.54) is 6.33 Å². The molecule has 0 saturated carbocycles. The molecule has 0 fully saturated rings. The van der Waals surface area contributed by atoms with Crippen molar-refractivity contribution in [2.75, 3.05) is 19.0 Å². The summed E-state index contributed by atoms with van der Waals surface area (Å²) in [6, 6.07) is 7.71. The number of nitrogens with one attached hydrogen (secondary N) is 1. The van der Waals surface area contributed by atoms with Gasteiger partial charge in [-0.2, -0.15) is 0 Å². The van der Waals surface area contributed by atoms with E-state index < -0.39 is 6.10 Å². The average molecular weight is 313 g/mol. The van der Waals surface area contributed by atoms with E-state index in [2.05, 4.69) is 20.3 Å². The lowest BCUT2D eigenvalue weighted by molar-refractivity contribution is 0.208. The fraction of sp³-hybridized carbons (Fsp3) is 0.312. The smallest absolute Gasteiger partial charge is 0.170 e. The molecule has 3 aromatic rings. The lowest BCUT2D eigenvalue weighted by Crippen LogP contribution is -2.16. The van der Waals surface area contributed by atoms with Crippen LogP contribution in [-0.2, 0) is 0 Å². The van der Waals surface area contributed by atoms with Crippen LogP contribution in [0.2, 0.25) is 0 Å². The van der Waals surface area contributed by atoms with Crippen molar-refractivity contribution in [2.45, 2.75) is 20.0 Å². The molecule has 2 N–H and O–H groups in total. The van der Waals surface area contributed by atoms with Crippen LogP contribution in [0.15, 0.2) is 30.6 Å². The Morgan fingerprint density at radius 1 is 1.26 bits per heavy atom. The largest absolute Gasteiger partial charge is 0.497 e. The SMILES string of the molecule is COc1ccc(-n2c(C)nc3c(NCC(C)O)ncnc32)cc1. The van der Waals surface area contributed by atoms with Gasteiger partial charge in [0.15, 0.2) is 17.0 Å². The first kappa shape index (κ1) is 15.2. The predicted octanol–water partition coefficient (Wildman–Crippen LogP) is 1.93. The first-order valence-corrected chi connectivity index (χ1v) is 7.36. The fourth-order valence-corrected chi connectivity index (χ4v) is 2.42. The fourth-order valence-electron chi connectivity index (χ4n) is 2.42. The Morgan fingerprint density at radius 2 is 2.00 bits per heavy atom. The zero-order chi connectivity index (χ0) is 16.4. The van der Waals surface area contributed by atoms with Gasteiger partial charge in [-0.05, 0) is 38.1 Å². The number of hydrogen-bond acceptors (Lipinski definition) is 6. The number of anilines is 1. The third-order valence-corrected chi connectivity index (χ3v) is 3.51. The summed E-state index contributed by atoms with van der Waals surface area (Å²) in [6.07, 6.45) is 1.03. The average Bonchev–Trinajstić information content (AvgIpc) is 2.89. The van der Waals surface area contributed by atoms with Crippen LogP contribution in [0.1, 0.15) is 12.7 Å². The summed E-state index contributed by atoms with van der Waals surface area (Å²) in [5, 5.41) is 12.5. The van der Waals surface area contributed by atoms with E-state index in [1.54, 1.807) is 14.0 Å². The van der Waals surface area contributed by atoms with E-state index in [0.717, 1.165) is 22.9 Å². The summed E-state index contributed by atoms with van der Waals surface area (Å²) in [4.78, 5) is 13.2. The number of rotatable bonds is 5. The third kappa shape index (κ3) is 2.95. The number of fused-ring (bicyclic) bond motifs is 1. The number of benzene rings is 1. The van der Waals surface area contributed by atoms with Crippen molar-refractivity contribution in [3.63, 3.8) is 0 Å². The molecule has 0 bridgehead atoms. The number of aryl methyl sites for hydroxylation is 1. The van der Waals surface area contributed by atoms with Crippen molar-refractivity contribution in [1.82, 2.24) is 19.5 Å². The van der Waals surface area contributed by atoms with Crippen LogP contribution < -0.4 is 10.1 Å². The maximum Gasteiger partial charge on any atom is 0.170 e. The molecule has 3 rings (SSSR count). The first-order chi connectivity index (χ1) is 11.1. The van der Waals surface area contributed by atoms with Crippen molar-refractivity contribution in [3.8, 4) is 11.4 Å². The maximum absolute atomic E-state index is 9.43. The number of methoxy groups -OCH3 is 1. The van der Waals surface area contributed by atoms with E-state index in [-0.39, 0.29) is 0 Å². The summed E-state index contributed by atoms with van der Waals surface area (Å²) in [5.74, 6) is 2.22. The number of hydrogen-bond donors (Lipinski definition) is 2. The highest BCUT2D eigenvalue weighted by atomic mass is 16.5. The van der Waals surface area contributed by atoms with Crippen LogP contribution in [0.3, 0.4) is 0 Å². The normalized spacial score (nSPS) is 12.3. The number of aliphatic hydroxyl groups excluding tert-OH is 1. The van der Waals surface area contributed by atoms with Gasteiger partial charge in [0.1, 0.15) is 17.9 Å². The van der Waals surface area contributed by atoms with Crippen molar-refractivity contribution >= 4 is 17.0 Å². The van der Waals surface area contributed by atoms with Crippen LogP contribution in [0.4, 0.5) is 5.82 Å². The van der Waals surface area contributed by atoms with Gasteiger partial charge in [0.25, 0.3) is 0 Å². The number of aliphatic hydroxyl groups is 1. The first-order valence-electron chi connectivity index (χ1n) is 7.36. The monoisotopic (exact) mass is 313 g/mol. The Hall–Kier alpha value is -2.67. The molecular formula is C16H19N5O2. The van der Waals surface area contributed by atoms with Gasteiger partial charge < -0.3 is 15.2 Å². The molecule has 1 aromatic carbocycles. The van der Waals surface area contributed by atoms with E-state index >= 15 is 0 Å². The van der Waals surface area contributed by atoms with Crippen molar-refractivity contribution < 1.29 is 9.84 Å². The van der Waals surface area contributed by atoms with Gasteiger partial charge in [0.05, 0.1) is 13.2 Å². The Kier molecular flexibility index (Phi) is 4.12. The highest BCUT2D eigenvalue weighted by Crippen LogP contribution is 2.24. The van der Waals surface area contributed by atoms with Crippen LogP contribution in [0.25, 0.3) is 16.9 Å². The molecule has 0 radical (unpaired) electrons. The molecule has 2 heterocycles. The molecule has 0 aliphatic carbocycles. The number of nitrogens with zero attached hydrogens (tertiary/aromatic N) is 4. The van der Waals surface area contributed by atoms with E-state index in [4.69, 9.17) is 4.74 Å². The Morgan fingerprint density at radius 3 is 2.65 bits per heavy atom. The summed E-state index contributed by atoms with van der Waals surface area (Å²) in [6.45, 7) is 4.04. The summed E-state index contributed by atoms with van der Waals surface area (Å²) < 4.78 is 7.16. The van der Waals surface area contributed by atoms with E-state index in [1.807, 2.05) is 35.8 Å². The molecule has 0 saturated heterocycles. The minimum Gasteiger partial charge on any atom is -0.497 e. The van der Waals surface area contributed by atoms with Crippen molar-refractivity contribution in [3.05, 3.63) is 36.4 Å². The molecule has 0 aliphatic rings. The highest BCUT2D eigenvalue weighted by molar-refractivity contribution is 5.84. The molecule has 120 valence electrons. The van der Waals surface area contributed by atoms with Crippen LogP contribution >= 0.6 is 0 Å². The van der Waals surface area contributed by atoms with Crippen LogP contribution in [0, 0.1) is 6.92 Å². The second-order valence-corrected chi connectivity index (χ2v) is 5.32. The predicted molar refractivity (Wildman–Crippen MR) is 88.1 cm³/mol. The molecule has 7 nitrogen and oxygen atoms in total. The quantitative estimate of drug-likeness (QED) is 0.748. The van der Waals surface area contributed by atoms with E-state index in [9.17, 15) is 5.11 Å². The third-order valence-electron chi connectivity index (χ3n) is 3.51. The molecule has 1 atom stereocenters. The Labute approximate surface area is 134 Å². The zero-order valence-electron chi connectivity index (χ0n) is 13.3. The molecule has 23 heavy (non-hydrogen) atoms. The van der Waals surface area contributed by atoms with Crippen LogP contribution in [0.5, 0.6) is 5.75 Å².